The zero-order valence-electron chi connectivity index (χ0n) is 16.4. The Kier molecular flexibility index (Phi) is 5.41. The van der Waals surface area contributed by atoms with E-state index >= 15 is 0 Å². The van der Waals surface area contributed by atoms with Gasteiger partial charge in [0, 0.05) is 12.0 Å². The van der Waals surface area contributed by atoms with Crippen molar-refractivity contribution < 1.29 is 27.9 Å². The molecule has 5 nitrogen and oxygen atoms in total. The van der Waals surface area contributed by atoms with Crippen molar-refractivity contribution >= 4 is 11.5 Å². The van der Waals surface area contributed by atoms with Gasteiger partial charge in [-0.05, 0) is 68.3 Å². The summed E-state index contributed by atoms with van der Waals surface area (Å²) in [7, 11) is 0. The number of β-amino-alcohol motifs (C(OH)–C–C–N with tert-alkyl or cyclic N) is 1. The van der Waals surface area contributed by atoms with Gasteiger partial charge >= 0.3 is 6.61 Å². The summed E-state index contributed by atoms with van der Waals surface area (Å²) in [6, 6.07) is 14.1. The molecule has 1 unspecified atom stereocenters. The molecule has 2 aliphatic rings. The molecule has 1 atom stereocenters. The van der Waals surface area contributed by atoms with E-state index in [4.69, 9.17) is 4.74 Å². The van der Waals surface area contributed by atoms with E-state index in [1.54, 1.807) is 12.1 Å². The van der Waals surface area contributed by atoms with E-state index in [-0.39, 0.29) is 5.75 Å². The van der Waals surface area contributed by atoms with E-state index in [9.17, 15) is 13.9 Å². The maximum Gasteiger partial charge on any atom is 0.387 e. The number of rotatable bonds is 6. The van der Waals surface area contributed by atoms with Crippen molar-refractivity contribution in [3.05, 3.63) is 54.1 Å². The maximum absolute atomic E-state index is 12.4. The Bertz CT molecular complexity index is 884. The van der Waals surface area contributed by atoms with Crippen LogP contribution in [-0.4, -0.2) is 41.8 Å². The Balaban J connectivity index is 1.65. The number of aliphatic hydroxyl groups is 1. The predicted molar refractivity (Wildman–Crippen MR) is 106 cm³/mol. The second-order valence-electron chi connectivity index (χ2n) is 7.26. The lowest BCUT2D eigenvalue weighted by Crippen LogP contribution is -2.41. The number of amidine groups is 1. The van der Waals surface area contributed by atoms with Gasteiger partial charge in [0.15, 0.2) is 6.54 Å². The summed E-state index contributed by atoms with van der Waals surface area (Å²) in [4.78, 5) is 2.14. The van der Waals surface area contributed by atoms with E-state index in [0.717, 1.165) is 43.1 Å². The van der Waals surface area contributed by atoms with Crippen LogP contribution in [0.2, 0.25) is 0 Å². The van der Waals surface area contributed by atoms with Crippen LogP contribution in [0.5, 0.6) is 11.5 Å². The fourth-order valence-electron chi connectivity index (χ4n) is 4.17. The number of halogens is 2. The largest absolute Gasteiger partial charge is 0.494 e. The standard InChI is InChI=1S/C22H25F2N2O3/c1-2-28-18-12-8-17(9-13-18)25-15-22(27,26-14-4-3-5-20(25)26)16-6-10-19(11-7-16)29-21(23)24/h6-13,21,27H,2-5,14-15H2,1H3/q+1. The van der Waals surface area contributed by atoms with E-state index in [1.807, 2.05) is 35.8 Å². The highest BCUT2D eigenvalue weighted by molar-refractivity contribution is 5.96. The third-order valence-corrected chi connectivity index (χ3v) is 5.48. The van der Waals surface area contributed by atoms with Gasteiger partial charge in [0.05, 0.1) is 13.2 Å². The second kappa shape index (κ2) is 7.99. The molecule has 0 fully saturated rings. The van der Waals surface area contributed by atoms with Crippen LogP contribution in [0.1, 0.15) is 31.7 Å². The predicted octanol–water partition coefficient (Wildman–Crippen LogP) is 3.95. The Labute approximate surface area is 168 Å². The van der Waals surface area contributed by atoms with Crippen LogP contribution in [0.25, 0.3) is 0 Å². The van der Waals surface area contributed by atoms with Gasteiger partial charge in [0.2, 0.25) is 0 Å². The summed E-state index contributed by atoms with van der Waals surface area (Å²) in [5.41, 5.74) is 0.424. The molecule has 0 radical (unpaired) electrons. The first kappa shape index (κ1) is 19.6. The van der Waals surface area contributed by atoms with Crippen LogP contribution >= 0.6 is 0 Å². The molecule has 29 heavy (non-hydrogen) atoms. The molecule has 1 N–H and O–H groups in total. The molecule has 0 amide bonds. The Hall–Kier alpha value is -2.67. The van der Waals surface area contributed by atoms with E-state index in [1.165, 1.54) is 12.1 Å². The SMILES string of the molecule is CCOc1ccc(N2CC(O)(c3ccc(OC(F)F)cc3)[N+]3=C2CCCC3)cc1. The molecular formula is C22H25F2N2O3+. The molecule has 154 valence electrons. The monoisotopic (exact) mass is 403 g/mol. The van der Waals surface area contributed by atoms with Crippen LogP contribution in [0, 0.1) is 0 Å². The lowest BCUT2D eigenvalue weighted by molar-refractivity contribution is -0.661. The van der Waals surface area contributed by atoms with Gasteiger partial charge in [-0.1, -0.05) is 0 Å². The van der Waals surface area contributed by atoms with Crippen molar-refractivity contribution in [1.82, 2.24) is 0 Å². The fraction of sp³-hybridized carbons (Fsp3) is 0.409. The topological polar surface area (TPSA) is 44.9 Å². The van der Waals surface area contributed by atoms with Crippen LogP contribution < -0.4 is 14.4 Å². The quantitative estimate of drug-likeness (QED) is 0.742. The minimum atomic E-state index is -2.87. The minimum absolute atomic E-state index is 0.0802. The van der Waals surface area contributed by atoms with Gasteiger partial charge in [-0.2, -0.15) is 8.78 Å². The molecule has 2 heterocycles. The zero-order chi connectivity index (χ0) is 20.4. The number of hydrogen-bond donors (Lipinski definition) is 1. The highest BCUT2D eigenvalue weighted by atomic mass is 19.3. The molecule has 0 aromatic heterocycles. The third kappa shape index (κ3) is 3.79. The molecule has 2 aromatic rings. The van der Waals surface area contributed by atoms with Crippen molar-refractivity contribution in [3.8, 4) is 11.5 Å². The van der Waals surface area contributed by atoms with Crippen LogP contribution in [0.4, 0.5) is 14.5 Å². The first-order valence-electron chi connectivity index (χ1n) is 9.93. The van der Waals surface area contributed by atoms with Crippen molar-refractivity contribution in [3.63, 3.8) is 0 Å². The Morgan fingerprint density at radius 3 is 2.41 bits per heavy atom. The Morgan fingerprint density at radius 2 is 1.76 bits per heavy atom. The number of alkyl halides is 2. The van der Waals surface area contributed by atoms with Gasteiger partial charge < -0.3 is 14.6 Å². The zero-order valence-corrected chi connectivity index (χ0v) is 16.4. The molecule has 0 saturated carbocycles. The van der Waals surface area contributed by atoms with E-state index < -0.39 is 12.3 Å². The Morgan fingerprint density at radius 1 is 1.07 bits per heavy atom. The molecule has 2 aliphatic heterocycles. The summed E-state index contributed by atoms with van der Waals surface area (Å²) in [5.74, 6) is 1.97. The number of nitrogens with zero attached hydrogens (tertiary/aromatic N) is 2. The molecule has 7 heteroatoms. The highest BCUT2D eigenvalue weighted by Gasteiger charge is 2.52. The number of ether oxygens (including phenoxy) is 2. The minimum Gasteiger partial charge on any atom is -0.494 e. The summed E-state index contributed by atoms with van der Waals surface area (Å²) < 4.78 is 36.9. The van der Waals surface area contributed by atoms with Crippen LogP contribution in [0.15, 0.2) is 48.5 Å². The van der Waals surface area contributed by atoms with E-state index in [2.05, 4.69) is 9.64 Å². The van der Waals surface area contributed by atoms with Gasteiger partial charge in [0.25, 0.3) is 11.6 Å². The number of benzene rings is 2. The van der Waals surface area contributed by atoms with Gasteiger partial charge in [0.1, 0.15) is 17.2 Å². The molecule has 4 rings (SSSR count). The lowest BCUT2D eigenvalue weighted by Gasteiger charge is -2.24. The van der Waals surface area contributed by atoms with Gasteiger partial charge in [-0.15, -0.1) is 0 Å². The molecule has 0 bridgehead atoms. The molecular weight excluding hydrogens is 378 g/mol. The average molecular weight is 403 g/mol. The molecule has 2 aromatic carbocycles. The number of anilines is 1. The lowest BCUT2D eigenvalue weighted by atomic mass is 10.0. The average Bonchev–Trinajstić information content (AvgIpc) is 3.03. The van der Waals surface area contributed by atoms with Crippen molar-refractivity contribution in [2.75, 3.05) is 24.6 Å². The first-order chi connectivity index (χ1) is 14.0. The second-order valence-corrected chi connectivity index (χ2v) is 7.26. The summed E-state index contributed by atoms with van der Waals surface area (Å²) in [5, 5.41) is 11.7. The summed E-state index contributed by atoms with van der Waals surface area (Å²) in [6.45, 7) is 0.800. The fourth-order valence-corrected chi connectivity index (χ4v) is 4.17. The van der Waals surface area contributed by atoms with Crippen molar-refractivity contribution in [2.45, 2.75) is 38.5 Å². The van der Waals surface area contributed by atoms with E-state index in [0.29, 0.717) is 18.7 Å². The van der Waals surface area contributed by atoms with Crippen LogP contribution in [-0.2, 0) is 5.72 Å². The molecule has 0 saturated heterocycles. The van der Waals surface area contributed by atoms with Gasteiger partial charge in [-0.25, -0.2) is 9.48 Å². The summed E-state index contributed by atoms with van der Waals surface area (Å²) >= 11 is 0. The normalized spacial score (nSPS) is 21.5. The molecule has 0 aliphatic carbocycles. The first-order valence-corrected chi connectivity index (χ1v) is 9.93. The highest BCUT2D eigenvalue weighted by Crippen LogP contribution is 2.36. The smallest absolute Gasteiger partial charge is 0.387 e. The van der Waals surface area contributed by atoms with Crippen LogP contribution in [0.3, 0.4) is 0 Å². The van der Waals surface area contributed by atoms with Crippen molar-refractivity contribution in [1.29, 1.82) is 0 Å². The van der Waals surface area contributed by atoms with Gasteiger partial charge in [-0.3, -0.25) is 0 Å². The molecule has 0 spiro atoms. The summed E-state index contributed by atoms with van der Waals surface area (Å²) in [6.07, 6.45) is 2.94. The third-order valence-electron chi connectivity index (χ3n) is 5.48. The maximum atomic E-state index is 12.4. The number of hydrogen-bond acceptors (Lipinski definition) is 4. The van der Waals surface area contributed by atoms with Crippen molar-refractivity contribution in [2.24, 2.45) is 0 Å².